The Bertz CT molecular complexity index is 507. The van der Waals surface area contributed by atoms with Gasteiger partial charge < -0.3 is 5.11 Å². The Labute approximate surface area is 118 Å². The highest BCUT2D eigenvalue weighted by atomic mass is 19.3. The van der Waals surface area contributed by atoms with Gasteiger partial charge >= 0.3 is 5.97 Å². The van der Waals surface area contributed by atoms with Crippen molar-refractivity contribution in [1.29, 1.82) is 0 Å². The molecule has 3 unspecified atom stereocenters. The summed E-state index contributed by atoms with van der Waals surface area (Å²) in [6.07, 6.45) is 6.97. The maximum Gasteiger partial charge on any atom is 0.312 e. The third-order valence-corrected chi connectivity index (χ3v) is 4.50. The van der Waals surface area contributed by atoms with Crippen LogP contribution in [0.15, 0.2) is 23.8 Å². The summed E-state index contributed by atoms with van der Waals surface area (Å²) in [4.78, 5) is 11.8. The van der Waals surface area contributed by atoms with E-state index in [0.717, 1.165) is 18.1 Å². The van der Waals surface area contributed by atoms with E-state index >= 15 is 0 Å². The molecule has 1 aliphatic carbocycles. The number of carbonyl (C=O) groups is 1. The highest BCUT2D eigenvalue weighted by Gasteiger charge is 2.78. The average molecular weight is 282 g/mol. The van der Waals surface area contributed by atoms with Crippen molar-refractivity contribution in [1.82, 2.24) is 0 Å². The van der Waals surface area contributed by atoms with Crippen molar-refractivity contribution in [3.8, 4) is 12.3 Å². The predicted molar refractivity (Wildman–Crippen MR) is 74.0 cm³/mol. The van der Waals surface area contributed by atoms with Gasteiger partial charge in [-0.3, -0.25) is 4.79 Å². The number of halogens is 2. The van der Waals surface area contributed by atoms with Crippen LogP contribution in [0.1, 0.15) is 34.1 Å². The number of aliphatic carboxylic acids is 1. The van der Waals surface area contributed by atoms with Crippen LogP contribution in [0, 0.1) is 35.0 Å². The fourth-order valence-electron chi connectivity index (χ4n) is 3.45. The van der Waals surface area contributed by atoms with Gasteiger partial charge in [-0.25, -0.2) is 0 Å². The molecule has 0 amide bonds. The molecule has 1 fully saturated rings. The van der Waals surface area contributed by atoms with E-state index in [4.69, 9.17) is 6.42 Å². The molecule has 2 nitrogen and oxygen atoms in total. The number of rotatable bonds is 5. The summed E-state index contributed by atoms with van der Waals surface area (Å²) in [6.45, 7) is 7.03. The largest absolute Gasteiger partial charge is 0.481 e. The van der Waals surface area contributed by atoms with Crippen LogP contribution in [-0.4, -0.2) is 11.1 Å². The van der Waals surface area contributed by atoms with Crippen molar-refractivity contribution < 1.29 is 18.7 Å². The van der Waals surface area contributed by atoms with Crippen LogP contribution in [0.25, 0.3) is 0 Å². The summed E-state index contributed by atoms with van der Waals surface area (Å²) in [5, 5.41) is 9.64. The lowest BCUT2D eigenvalue weighted by Gasteiger charge is -2.23. The highest BCUT2D eigenvalue weighted by molar-refractivity contribution is 5.83. The van der Waals surface area contributed by atoms with E-state index in [1.54, 1.807) is 20.8 Å². The van der Waals surface area contributed by atoms with Crippen LogP contribution in [0.3, 0.4) is 0 Å². The first-order valence-corrected chi connectivity index (χ1v) is 6.56. The third-order valence-electron chi connectivity index (χ3n) is 4.50. The van der Waals surface area contributed by atoms with Gasteiger partial charge in [0.1, 0.15) is 0 Å². The number of hydrogen-bond donors (Lipinski definition) is 1. The Balaban J connectivity index is 3.40. The maximum atomic E-state index is 12.6. The Morgan fingerprint density at radius 2 is 2.05 bits per heavy atom. The summed E-state index contributed by atoms with van der Waals surface area (Å²) in [7, 11) is 0. The fourth-order valence-corrected chi connectivity index (χ4v) is 3.45. The predicted octanol–water partition coefficient (Wildman–Crippen LogP) is 4.10. The van der Waals surface area contributed by atoms with Crippen LogP contribution >= 0.6 is 0 Å². The molecule has 0 aromatic heterocycles. The molecule has 1 N–H and O–H groups in total. The summed E-state index contributed by atoms with van der Waals surface area (Å²) >= 11 is 0. The minimum absolute atomic E-state index is 0.685. The van der Waals surface area contributed by atoms with Crippen molar-refractivity contribution >= 4 is 5.97 Å². The van der Waals surface area contributed by atoms with Crippen molar-refractivity contribution in [3.63, 3.8) is 0 Å². The number of allylic oxidation sites excluding steroid dienone is 3. The second-order valence-electron chi connectivity index (χ2n) is 5.79. The van der Waals surface area contributed by atoms with Gasteiger partial charge in [0.25, 0.3) is 6.08 Å². The molecule has 4 heteroatoms. The highest BCUT2D eigenvalue weighted by Crippen LogP contribution is 2.74. The number of carboxylic acids is 1. The van der Waals surface area contributed by atoms with Gasteiger partial charge in [-0.2, -0.15) is 8.78 Å². The maximum absolute atomic E-state index is 12.6. The molecule has 110 valence electrons. The Morgan fingerprint density at radius 1 is 1.50 bits per heavy atom. The molecule has 0 aromatic rings. The van der Waals surface area contributed by atoms with Gasteiger partial charge in [-0.15, -0.1) is 6.42 Å². The molecule has 0 radical (unpaired) electrons. The molecule has 0 saturated heterocycles. The van der Waals surface area contributed by atoms with Gasteiger partial charge in [0.2, 0.25) is 0 Å². The van der Waals surface area contributed by atoms with Gasteiger partial charge in [0, 0.05) is 5.92 Å². The monoisotopic (exact) mass is 282 g/mol. The molecule has 1 saturated carbocycles. The molecule has 1 rings (SSSR count). The van der Waals surface area contributed by atoms with E-state index in [0.29, 0.717) is 0 Å². The van der Waals surface area contributed by atoms with Crippen LogP contribution in [0.5, 0.6) is 0 Å². The third kappa shape index (κ3) is 2.15. The van der Waals surface area contributed by atoms with Crippen molar-refractivity contribution in [2.45, 2.75) is 34.1 Å². The first-order chi connectivity index (χ1) is 9.17. The van der Waals surface area contributed by atoms with E-state index in [1.807, 2.05) is 13.0 Å². The molecular weight excluding hydrogens is 262 g/mol. The van der Waals surface area contributed by atoms with Gasteiger partial charge in [0.15, 0.2) is 0 Å². The second-order valence-corrected chi connectivity index (χ2v) is 5.79. The quantitative estimate of drug-likeness (QED) is 0.609. The molecule has 1 aliphatic rings. The first kappa shape index (κ1) is 16.4. The molecule has 3 atom stereocenters. The summed E-state index contributed by atoms with van der Waals surface area (Å²) in [5.74, 6) is -0.0575. The zero-order chi connectivity index (χ0) is 15.7. The Hall–Kier alpha value is -1.63. The van der Waals surface area contributed by atoms with E-state index in [-0.39, 0.29) is 0 Å². The fraction of sp³-hybridized carbons (Fsp3) is 0.562. The molecule has 0 spiro atoms. The van der Waals surface area contributed by atoms with Crippen LogP contribution in [-0.2, 0) is 4.79 Å². The van der Waals surface area contributed by atoms with Crippen molar-refractivity contribution in [3.05, 3.63) is 23.8 Å². The zero-order valence-electron chi connectivity index (χ0n) is 12.2. The average Bonchev–Trinajstić information content (AvgIpc) is 2.78. The van der Waals surface area contributed by atoms with Crippen LogP contribution in [0.4, 0.5) is 8.78 Å². The standard InChI is InChI=1S/C16H20F2O2/c1-6-8-10(3)11(7-2)16(14(19)20)12(9-13(17)18)15(16,4)5/h2,8-9,11-12H,6H2,1,3-5H3,(H,19,20). The van der Waals surface area contributed by atoms with E-state index in [1.165, 1.54) is 0 Å². The SMILES string of the molecule is C#CC(C(C)=CCC)C1(C(=O)O)C(C=C(F)F)C1(C)C. The number of hydrogen-bond acceptors (Lipinski definition) is 1. The lowest BCUT2D eigenvalue weighted by atomic mass is 9.78. The molecule has 0 aromatic carbocycles. The van der Waals surface area contributed by atoms with E-state index < -0.39 is 34.7 Å². The lowest BCUT2D eigenvalue weighted by molar-refractivity contribution is -0.146. The first-order valence-electron chi connectivity index (χ1n) is 6.56. The van der Waals surface area contributed by atoms with Crippen molar-refractivity contribution in [2.24, 2.45) is 22.7 Å². The van der Waals surface area contributed by atoms with E-state index in [2.05, 4.69) is 5.92 Å². The minimum atomic E-state index is -1.86. The van der Waals surface area contributed by atoms with Crippen molar-refractivity contribution in [2.75, 3.05) is 0 Å². The Morgan fingerprint density at radius 3 is 2.40 bits per heavy atom. The Kier molecular flexibility index (Phi) is 4.43. The van der Waals surface area contributed by atoms with Crippen LogP contribution in [0.2, 0.25) is 0 Å². The summed E-state index contributed by atoms with van der Waals surface area (Å²) in [5.41, 5.74) is -1.41. The van der Waals surface area contributed by atoms with Crippen LogP contribution < -0.4 is 0 Å². The molecular formula is C16H20F2O2. The number of terminal acetylenes is 1. The van der Waals surface area contributed by atoms with E-state index in [9.17, 15) is 18.7 Å². The normalized spacial score (nSPS) is 29.2. The second kappa shape index (κ2) is 5.40. The summed E-state index contributed by atoms with van der Waals surface area (Å²) < 4.78 is 25.2. The molecule has 0 aliphatic heterocycles. The minimum Gasteiger partial charge on any atom is -0.481 e. The van der Waals surface area contributed by atoms with Gasteiger partial charge in [0.05, 0.1) is 11.3 Å². The topological polar surface area (TPSA) is 37.3 Å². The zero-order valence-corrected chi connectivity index (χ0v) is 12.2. The number of carboxylic acid groups (broad SMARTS) is 1. The van der Waals surface area contributed by atoms with Gasteiger partial charge in [-0.05, 0) is 24.8 Å². The lowest BCUT2D eigenvalue weighted by Crippen LogP contribution is -2.31. The summed E-state index contributed by atoms with van der Waals surface area (Å²) in [6, 6.07) is 0. The van der Waals surface area contributed by atoms with Gasteiger partial charge in [-0.1, -0.05) is 38.3 Å². The molecule has 0 heterocycles. The molecule has 20 heavy (non-hydrogen) atoms. The molecule has 0 bridgehead atoms. The smallest absolute Gasteiger partial charge is 0.312 e.